The van der Waals surface area contributed by atoms with E-state index >= 15 is 0 Å². The second-order valence-corrected chi connectivity index (χ2v) is 14.6. The summed E-state index contributed by atoms with van der Waals surface area (Å²) in [6, 6.07) is 12.0. The second-order valence-electron chi connectivity index (χ2n) is 13.5. The highest BCUT2D eigenvalue weighted by Crippen LogP contribution is 2.70. The van der Waals surface area contributed by atoms with Crippen molar-refractivity contribution in [2.75, 3.05) is 12.3 Å². The summed E-state index contributed by atoms with van der Waals surface area (Å²) in [6.45, 7) is 5.71. The van der Waals surface area contributed by atoms with E-state index in [1.54, 1.807) is 23.5 Å². The number of carbonyl (C=O) groups is 2. The van der Waals surface area contributed by atoms with Gasteiger partial charge in [0.15, 0.2) is 23.5 Å². The summed E-state index contributed by atoms with van der Waals surface area (Å²) >= 11 is 1.61. The van der Waals surface area contributed by atoms with Crippen LogP contribution in [0.1, 0.15) is 74.0 Å². The largest absolute Gasteiger partial charge is 0.399 e. The molecule has 10 atom stereocenters. The highest BCUT2D eigenvalue weighted by atomic mass is 32.1. The van der Waals surface area contributed by atoms with Gasteiger partial charge in [0, 0.05) is 33.2 Å². The van der Waals surface area contributed by atoms with Crippen molar-refractivity contribution < 1.29 is 29.3 Å². The van der Waals surface area contributed by atoms with E-state index in [2.05, 4.69) is 26.8 Å². The topological polar surface area (TPSA) is 119 Å². The molecular weight excluding hydrogens is 550 g/mol. The van der Waals surface area contributed by atoms with Crippen LogP contribution in [0, 0.1) is 28.6 Å². The molecule has 1 aromatic carbocycles. The monoisotopic (exact) mass is 589 g/mol. The van der Waals surface area contributed by atoms with Crippen molar-refractivity contribution in [1.29, 1.82) is 0 Å². The van der Waals surface area contributed by atoms with Gasteiger partial charge >= 0.3 is 0 Å². The van der Waals surface area contributed by atoms with Gasteiger partial charge < -0.3 is 25.4 Å². The summed E-state index contributed by atoms with van der Waals surface area (Å²) in [7, 11) is 0. The Morgan fingerprint density at radius 2 is 1.95 bits per heavy atom. The normalized spacial score (nSPS) is 41.0. The molecule has 1 saturated heterocycles. The molecule has 0 spiro atoms. The smallest absolute Gasteiger partial charge is 0.194 e. The Balaban J connectivity index is 1.20. The number of nitrogen functional groups attached to an aromatic ring is 1. The van der Waals surface area contributed by atoms with Crippen molar-refractivity contribution in [1.82, 2.24) is 0 Å². The molecule has 3 saturated carbocycles. The number of Topliss-reactive ketones (excluding diaryl/α,β-unsaturated/α-hetero) is 1. The van der Waals surface area contributed by atoms with Crippen LogP contribution >= 0.6 is 11.3 Å². The summed E-state index contributed by atoms with van der Waals surface area (Å²) in [6.07, 6.45) is 6.05. The van der Waals surface area contributed by atoms with Gasteiger partial charge in [-0.15, -0.1) is 11.3 Å². The Labute approximate surface area is 250 Å². The fraction of sp³-hybridized carbons (Fsp3) is 0.529. The summed E-state index contributed by atoms with van der Waals surface area (Å²) in [5.41, 5.74) is 6.40. The zero-order valence-electron chi connectivity index (χ0n) is 24.3. The number of hydrogen-bond donors (Lipinski definition) is 3. The average Bonchev–Trinajstić information content (AvgIpc) is 3.66. The van der Waals surface area contributed by atoms with Gasteiger partial charge in [0.05, 0.1) is 17.1 Å². The standard InChI is InChI=1S/C34H39NO6S/c1-18(19-4-7-21(35)8-5-19)26-10-11-27(42-26)31-40-29-15-24-23-9-6-20-14-22(37)12-13-32(20,2)30(23)25(38)16-33(24,3)34(29,41-31)28(39)17-36/h4-5,7-8,10-14,18,23-25,29-31,36,38H,6,9,15-17,35H2,1-3H3/t18-,23-,24-,25-,29+,30+,31+,32-,33-,34+/m0/s1. The van der Waals surface area contributed by atoms with E-state index < -0.39 is 41.5 Å². The van der Waals surface area contributed by atoms with Gasteiger partial charge in [-0.25, -0.2) is 0 Å². The molecule has 0 radical (unpaired) electrons. The fourth-order valence-corrected chi connectivity index (χ4v) is 10.5. The Morgan fingerprint density at radius 3 is 2.69 bits per heavy atom. The molecule has 0 unspecified atom stereocenters. The van der Waals surface area contributed by atoms with E-state index in [0.29, 0.717) is 12.8 Å². The first-order chi connectivity index (χ1) is 20.0. The van der Waals surface area contributed by atoms with Gasteiger partial charge in [0.1, 0.15) is 6.61 Å². The lowest BCUT2D eigenvalue weighted by Crippen LogP contribution is -2.63. The Bertz CT molecular complexity index is 1500. The van der Waals surface area contributed by atoms with Crippen molar-refractivity contribution in [3.05, 3.63) is 75.5 Å². The number of rotatable bonds is 5. The third kappa shape index (κ3) is 3.78. The zero-order valence-corrected chi connectivity index (χ0v) is 25.1. The van der Waals surface area contributed by atoms with Crippen LogP contribution in [0.3, 0.4) is 0 Å². The van der Waals surface area contributed by atoms with Crippen LogP contribution in [-0.2, 0) is 19.1 Å². The first-order valence-corrected chi connectivity index (χ1v) is 15.9. The molecule has 5 aliphatic rings. The molecule has 4 fully saturated rings. The Morgan fingerprint density at radius 1 is 1.19 bits per heavy atom. The number of fused-ring (bicyclic) bond motifs is 7. The van der Waals surface area contributed by atoms with Gasteiger partial charge in [-0.3, -0.25) is 9.59 Å². The predicted octanol–water partition coefficient (Wildman–Crippen LogP) is 5.08. The zero-order chi connectivity index (χ0) is 29.6. The maximum absolute atomic E-state index is 13.8. The number of allylic oxidation sites excluding steroid dienone is 4. The highest BCUT2D eigenvalue weighted by molar-refractivity contribution is 7.12. The molecule has 2 aromatic rings. The number of ether oxygens (including phenoxy) is 2. The molecular formula is C34H39NO6S. The molecule has 0 bridgehead atoms. The average molecular weight is 590 g/mol. The minimum atomic E-state index is -1.34. The summed E-state index contributed by atoms with van der Waals surface area (Å²) in [4.78, 5) is 28.0. The van der Waals surface area contributed by atoms with E-state index in [-0.39, 0.29) is 35.2 Å². The molecule has 7 rings (SSSR count). The Kier molecular flexibility index (Phi) is 6.50. The number of carbonyl (C=O) groups excluding carboxylic acids is 2. The lowest BCUT2D eigenvalue weighted by Gasteiger charge is -2.59. The summed E-state index contributed by atoms with van der Waals surface area (Å²) in [5, 5.41) is 22.1. The van der Waals surface area contributed by atoms with Crippen LogP contribution < -0.4 is 5.73 Å². The van der Waals surface area contributed by atoms with Crippen molar-refractivity contribution in [3.8, 4) is 0 Å². The maximum Gasteiger partial charge on any atom is 0.194 e. The molecule has 7 nitrogen and oxygen atoms in total. The number of nitrogens with two attached hydrogens (primary N) is 1. The van der Waals surface area contributed by atoms with Crippen LogP contribution in [0.25, 0.3) is 0 Å². The van der Waals surface area contributed by atoms with Crippen molar-refractivity contribution in [2.24, 2.45) is 28.6 Å². The van der Waals surface area contributed by atoms with E-state index in [1.807, 2.05) is 36.4 Å². The van der Waals surface area contributed by atoms with Crippen LogP contribution in [0.15, 0.2) is 60.2 Å². The van der Waals surface area contributed by atoms with Gasteiger partial charge in [-0.1, -0.05) is 44.6 Å². The number of anilines is 1. The van der Waals surface area contributed by atoms with Gasteiger partial charge in [0.2, 0.25) is 0 Å². The Hall–Kier alpha value is -2.62. The van der Waals surface area contributed by atoms with E-state index in [9.17, 15) is 19.8 Å². The van der Waals surface area contributed by atoms with Crippen LogP contribution in [0.4, 0.5) is 5.69 Å². The molecule has 8 heteroatoms. The molecule has 222 valence electrons. The van der Waals surface area contributed by atoms with E-state index in [1.165, 1.54) is 0 Å². The molecule has 4 aliphatic carbocycles. The maximum atomic E-state index is 13.8. The van der Waals surface area contributed by atoms with Crippen LogP contribution in [-0.4, -0.2) is 46.2 Å². The SMILES string of the molecule is C[C@@H](c1ccc(N)cc1)c1ccc([C@@H]2O[C@@H]3C[C@H]4[C@@H]5CCC6=CC(=O)C=C[C@]6(C)[C@H]5[C@@H](O)C[C@]4(C)[C@]3(C(=O)CO)O2)s1. The molecule has 1 aromatic heterocycles. The third-order valence-corrected chi connectivity index (χ3v) is 12.8. The summed E-state index contributed by atoms with van der Waals surface area (Å²) < 4.78 is 13.4. The number of thiophene rings is 1. The first-order valence-electron chi connectivity index (χ1n) is 15.1. The quantitative estimate of drug-likeness (QED) is 0.416. The van der Waals surface area contributed by atoms with Crippen molar-refractivity contribution >= 4 is 28.6 Å². The minimum absolute atomic E-state index is 0.00592. The van der Waals surface area contributed by atoms with Gasteiger partial charge in [-0.2, -0.15) is 0 Å². The third-order valence-electron chi connectivity index (χ3n) is 11.5. The number of hydrogen-bond acceptors (Lipinski definition) is 8. The van der Waals surface area contributed by atoms with E-state index in [4.69, 9.17) is 15.2 Å². The number of aliphatic hydroxyl groups excluding tert-OH is 2. The van der Waals surface area contributed by atoms with Crippen molar-refractivity contribution in [2.45, 2.75) is 76.5 Å². The number of benzene rings is 1. The molecule has 4 N–H and O–H groups in total. The minimum Gasteiger partial charge on any atom is -0.399 e. The second kappa shape index (κ2) is 9.69. The summed E-state index contributed by atoms with van der Waals surface area (Å²) in [5.74, 6) is -0.0738. The van der Waals surface area contributed by atoms with E-state index in [0.717, 1.165) is 39.4 Å². The van der Waals surface area contributed by atoms with Gasteiger partial charge in [-0.05, 0) is 79.5 Å². The molecule has 2 heterocycles. The first kappa shape index (κ1) is 28.2. The number of aliphatic hydroxyl groups is 2. The number of ketones is 2. The lowest BCUT2D eigenvalue weighted by atomic mass is 9.46. The predicted molar refractivity (Wildman–Crippen MR) is 160 cm³/mol. The molecule has 0 amide bonds. The van der Waals surface area contributed by atoms with Crippen LogP contribution in [0.2, 0.25) is 0 Å². The fourth-order valence-electron chi connectivity index (χ4n) is 9.49. The molecule has 42 heavy (non-hydrogen) atoms. The van der Waals surface area contributed by atoms with Crippen LogP contribution in [0.5, 0.6) is 0 Å². The molecule has 1 aliphatic heterocycles. The van der Waals surface area contributed by atoms with Crippen molar-refractivity contribution in [3.63, 3.8) is 0 Å². The van der Waals surface area contributed by atoms with Gasteiger partial charge in [0.25, 0.3) is 0 Å². The lowest BCUT2D eigenvalue weighted by molar-refractivity contribution is -0.200. The highest BCUT2D eigenvalue weighted by Gasteiger charge is 2.76.